The van der Waals surface area contributed by atoms with Gasteiger partial charge in [-0.05, 0) is 6.42 Å². The van der Waals surface area contributed by atoms with E-state index in [-0.39, 0.29) is 24.6 Å². The molecule has 18 heavy (non-hydrogen) atoms. The van der Waals surface area contributed by atoms with E-state index in [1.807, 2.05) is 6.92 Å². The third kappa shape index (κ3) is 4.01. The van der Waals surface area contributed by atoms with E-state index in [9.17, 15) is 4.79 Å². The summed E-state index contributed by atoms with van der Waals surface area (Å²) in [5.41, 5.74) is 12.2. The summed E-state index contributed by atoms with van der Waals surface area (Å²) < 4.78 is 5.27. The molecule has 9 nitrogen and oxygen atoms in total. The molecule has 0 aliphatic rings. The second-order valence-electron chi connectivity index (χ2n) is 3.37. The predicted molar refractivity (Wildman–Crippen MR) is 63.3 cm³/mol. The molecule has 3 N–H and O–H groups in total. The lowest BCUT2D eigenvalue weighted by atomic mass is 10.4. The molecule has 0 atom stereocenters. The molecule has 0 saturated heterocycles. The van der Waals surface area contributed by atoms with Crippen molar-refractivity contribution < 1.29 is 9.53 Å². The highest BCUT2D eigenvalue weighted by molar-refractivity contribution is 5.71. The van der Waals surface area contributed by atoms with E-state index in [1.54, 1.807) is 0 Å². The van der Waals surface area contributed by atoms with E-state index in [4.69, 9.17) is 16.0 Å². The minimum atomic E-state index is -0.155. The van der Waals surface area contributed by atoms with Crippen LogP contribution in [0, 0.1) is 5.53 Å². The number of amides is 1. The number of nitrogens with zero attached hydrogens (tertiary/aromatic N) is 5. The van der Waals surface area contributed by atoms with Crippen molar-refractivity contribution in [3.05, 3.63) is 0 Å². The van der Waals surface area contributed by atoms with Crippen molar-refractivity contribution in [3.8, 4) is 0 Å². The van der Waals surface area contributed by atoms with Crippen molar-refractivity contribution in [1.29, 1.82) is 5.53 Å². The maximum absolute atomic E-state index is 10.9. The lowest BCUT2D eigenvalue weighted by Gasteiger charge is -2.15. The van der Waals surface area contributed by atoms with Crippen LogP contribution in [0.4, 0.5) is 17.8 Å². The zero-order chi connectivity index (χ0) is 13.4. The van der Waals surface area contributed by atoms with Gasteiger partial charge in [-0.2, -0.15) is 15.0 Å². The van der Waals surface area contributed by atoms with Gasteiger partial charge in [-0.3, -0.25) is 9.69 Å². The van der Waals surface area contributed by atoms with Gasteiger partial charge in [0, 0.05) is 6.61 Å². The highest BCUT2D eigenvalue weighted by Crippen LogP contribution is 2.12. The number of ether oxygens (including phenoxy) is 1. The molecule has 0 unspecified atom stereocenters. The van der Waals surface area contributed by atoms with E-state index in [0.29, 0.717) is 13.0 Å². The molecule has 1 rings (SSSR count). The number of carbonyl (C=O) groups is 1. The Kier molecular flexibility index (Phi) is 5.58. The van der Waals surface area contributed by atoms with Crippen molar-refractivity contribution in [2.24, 2.45) is 5.11 Å². The minimum Gasteiger partial charge on any atom is -0.368 e. The molecule has 98 valence electrons. The maximum Gasteiger partial charge on any atom is 0.274 e. The van der Waals surface area contributed by atoms with Crippen LogP contribution in [0.1, 0.15) is 19.8 Å². The topological polar surface area (TPSA) is 130 Å². The average Bonchev–Trinajstić information content (AvgIpc) is 2.38. The van der Waals surface area contributed by atoms with Gasteiger partial charge in [-0.15, -0.1) is 5.11 Å². The zero-order valence-electron chi connectivity index (χ0n) is 10.0. The van der Waals surface area contributed by atoms with E-state index < -0.39 is 0 Å². The summed E-state index contributed by atoms with van der Waals surface area (Å²) >= 11 is 0. The number of aromatic nitrogens is 3. The Morgan fingerprint density at radius 3 is 2.89 bits per heavy atom. The van der Waals surface area contributed by atoms with Crippen LogP contribution in [0.25, 0.3) is 0 Å². The van der Waals surface area contributed by atoms with Gasteiger partial charge in [0.05, 0.1) is 0 Å². The predicted octanol–water partition coefficient (Wildman–Crippen LogP) is 0.853. The number of nitrogens with two attached hydrogens (primary N) is 1. The van der Waals surface area contributed by atoms with Crippen molar-refractivity contribution >= 4 is 24.3 Å². The summed E-state index contributed by atoms with van der Waals surface area (Å²) in [5, 5.41) is 3.04. The molecule has 9 heteroatoms. The van der Waals surface area contributed by atoms with Crippen LogP contribution in [-0.4, -0.2) is 34.7 Å². The molecule has 0 aliphatic heterocycles. The largest absolute Gasteiger partial charge is 0.368 e. The Balaban J connectivity index is 2.71. The average molecular weight is 253 g/mol. The van der Waals surface area contributed by atoms with Gasteiger partial charge in [0.2, 0.25) is 18.3 Å². The van der Waals surface area contributed by atoms with Crippen molar-refractivity contribution in [3.63, 3.8) is 0 Å². The summed E-state index contributed by atoms with van der Waals surface area (Å²) in [6, 6.07) is 0. The monoisotopic (exact) mass is 253 g/mol. The van der Waals surface area contributed by atoms with Crippen LogP contribution in [0.3, 0.4) is 0 Å². The normalized spacial score (nSPS) is 10.1. The third-order valence-corrected chi connectivity index (χ3v) is 1.99. The lowest BCUT2D eigenvalue weighted by molar-refractivity contribution is -0.108. The fourth-order valence-electron chi connectivity index (χ4n) is 1.09. The molecular formula is C9H15N7O2. The Hall–Kier alpha value is -2.16. The van der Waals surface area contributed by atoms with Crippen molar-refractivity contribution in [2.75, 3.05) is 24.0 Å². The molecule has 1 amide bonds. The zero-order valence-corrected chi connectivity index (χ0v) is 10.0. The number of hydrogen-bond acceptors (Lipinski definition) is 8. The number of nitrogen functional groups attached to an aromatic ring is 1. The van der Waals surface area contributed by atoms with Crippen LogP contribution < -0.4 is 10.6 Å². The number of carbonyl (C=O) groups excluding carboxylic acids is 1. The first-order valence-electron chi connectivity index (χ1n) is 5.40. The van der Waals surface area contributed by atoms with E-state index in [2.05, 4.69) is 20.1 Å². The lowest BCUT2D eigenvalue weighted by Crippen LogP contribution is -2.27. The number of unbranched alkanes of at least 4 members (excludes halogenated alkanes) is 1. The summed E-state index contributed by atoms with van der Waals surface area (Å²) in [7, 11) is 0. The molecule has 0 spiro atoms. The molecule has 1 aromatic heterocycles. The summed E-state index contributed by atoms with van der Waals surface area (Å²) in [5.74, 6) is -0.246. The highest BCUT2D eigenvalue weighted by Gasteiger charge is 2.11. The van der Waals surface area contributed by atoms with Gasteiger partial charge in [0.1, 0.15) is 6.73 Å². The summed E-state index contributed by atoms with van der Waals surface area (Å²) in [6.07, 6.45) is 2.43. The van der Waals surface area contributed by atoms with Gasteiger partial charge in [0.25, 0.3) is 5.95 Å². The Bertz CT molecular complexity index is 412. The molecule has 0 aliphatic carbocycles. The van der Waals surface area contributed by atoms with E-state index >= 15 is 0 Å². The molecule has 0 saturated carbocycles. The number of anilines is 2. The van der Waals surface area contributed by atoms with Gasteiger partial charge < -0.3 is 10.5 Å². The molecular weight excluding hydrogens is 238 g/mol. The maximum atomic E-state index is 10.9. The van der Waals surface area contributed by atoms with Gasteiger partial charge in [0.15, 0.2) is 0 Å². The summed E-state index contributed by atoms with van der Waals surface area (Å²) in [6.45, 7) is 2.59. The van der Waals surface area contributed by atoms with Crippen LogP contribution in [0.15, 0.2) is 5.11 Å². The molecule has 1 aromatic rings. The smallest absolute Gasteiger partial charge is 0.274 e. The standard InChI is InChI=1S/C9H15N7O2/c1-2-3-4-18-6-16(5-17)9-13-7(10)12-8(14-9)15-11/h5,11H,2-4,6H2,1H3,(H2,10,12,13,14). The van der Waals surface area contributed by atoms with Crippen molar-refractivity contribution in [2.45, 2.75) is 19.8 Å². The first-order chi connectivity index (χ1) is 8.71. The van der Waals surface area contributed by atoms with Crippen LogP contribution >= 0.6 is 0 Å². The number of rotatable bonds is 8. The Morgan fingerprint density at radius 2 is 2.28 bits per heavy atom. The first-order valence-corrected chi connectivity index (χ1v) is 5.40. The van der Waals surface area contributed by atoms with Gasteiger partial charge >= 0.3 is 0 Å². The Labute approximate surface area is 104 Å². The molecule has 0 bridgehead atoms. The van der Waals surface area contributed by atoms with Gasteiger partial charge in [-0.25, -0.2) is 5.53 Å². The minimum absolute atomic E-state index is 0.0139. The molecule has 0 aromatic carbocycles. The fourth-order valence-corrected chi connectivity index (χ4v) is 1.09. The first kappa shape index (κ1) is 13.9. The van der Waals surface area contributed by atoms with E-state index in [0.717, 1.165) is 17.7 Å². The van der Waals surface area contributed by atoms with Crippen molar-refractivity contribution in [1.82, 2.24) is 15.0 Å². The molecule has 1 heterocycles. The van der Waals surface area contributed by atoms with E-state index in [1.165, 1.54) is 0 Å². The fraction of sp³-hybridized carbons (Fsp3) is 0.556. The third-order valence-electron chi connectivity index (χ3n) is 1.99. The molecule has 0 radical (unpaired) electrons. The quantitative estimate of drug-likeness (QED) is 0.305. The molecule has 0 fully saturated rings. The highest BCUT2D eigenvalue weighted by atomic mass is 16.5. The second kappa shape index (κ2) is 7.22. The summed E-state index contributed by atoms with van der Waals surface area (Å²) in [4.78, 5) is 23.2. The van der Waals surface area contributed by atoms with Crippen LogP contribution in [0.5, 0.6) is 0 Å². The second-order valence-corrected chi connectivity index (χ2v) is 3.37. The van der Waals surface area contributed by atoms with Crippen LogP contribution in [0.2, 0.25) is 0 Å². The Morgan fingerprint density at radius 1 is 1.50 bits per heavy atom. The number of hydrogen-bond donors (Lipinski definition) is 2. The SMILES string of the molecule is CCCCOCN(C=O)c1nc(N)nc(N=N)n1. The van der Waals surface area contributed by atoms with Crippen LogP contribution in [-0.2, 0) is 9.53 Å². The van der Waals surface area contributed by atoms with Gasteiger partial charge in [-0.1, -0.05) is 13.3 Å². The number of nitrogens with one attached hydrogen (secondary N) is 1.